The van der Waals surface area contributed by atoms with Crippen LogP contribution in [0, 0.1) is 11.8 Å². The fraction of sp³-hybridized carbons (Fsp3) is 0.500. The normalized spacial score (nSPS) is 23.3. The minimum absolute atomic E-state index is 0.0593. The number of fused-ring (bicyclic) bond motifs is 2. The molecule has 1 aromatic carbocycles. The number of hydrogen-bond donors (Lipinski definition) is 2. The number of benzene rings is 1. The molecular weight excluding hydrogens is 416 g/mol. The lowest BCUT2D eigenvalue weighted by Crippen LogP contribution is -2.53. The van der Waals surface area contributed by atoms with E-state index < -0.39 is 12.1 Å². The van der Waals surface area contributed by atoms with Crippen molar-refractivity contribution in [3.8, 4) is 0 Å². The number of H-pyrrole nitrogens is 1. The number of imidazole rings is 1. The molecule has 1 aromatic heterocycles. The molecule has 1 aliphatic heterocycles. The molecule has 176 valence electrons. The lowest BCUT2D eigenvalue weighted by Gasteiger charge is -2.36. The Labute approximate surface area is 195 Å². The molecule has 2 heterocycles. The van der Waals surface area contributed by atoms with Crippen LogP contribution in [0.25, 0.3) is 16.6 Å². The van der Waals surface area contributed by atoms with E-state index in [1.807, 2.05) is 36.9 Å². The molecular formula is C26H34N4O3. The number of aromatic amines is 1. The van der Waals surface area contributed by atoms with Crippen molar-refractivity contribution in [2.45, 2.75) is 64.1 Å². The minimum Gasteiger partial charge on any atom is -0.453 e. The van der Waals surface area contributed by atoms with Gasteiger partial charge in [-0.05, 0) is 54.4 Å². The second kappa shape index (κ2) is 9.41. The number of ether oxygens (including phenoxy) is 1. The van der Waals surface area contributed by atoms with E-state index in [-0.39, 0.29) is 23.9 Å². The van der Waals surface area contributed by atoms with Crippen LogP contribution in [-0.2, 0) is 9.53 Å². The van der Waals surface area contributed by atoms with Crippen LogP contribution in [0.4, 0.5) is 4.79 Å². The van der Waals surface area contributed by atoms with Crippen molar-refractivity contribution >= 4 is 28.6 Å². The Morgan fingerprint density at radius 1 is 1.30 bits per heavy atom. The fourth-order valence-corrected chi connectivity index (χ4v) is 5.38. The Morgan fingerprint density at radius 3 is 2.76 bits per heavy atom. The third-order valence-electron chi connectivity index (χ3n) is 7.17. The van der Waals surface area contributed by atoms with E-state index in [1.54, 1.807) is 6.08 Å². The van der Waals surface area contributed by atoms with Crippen molar-refractivity contribution in [3.05, 3.63) is 48.8 Å². The fourth-order valence-electron chi connectivity index (χ4n) is 5.38. The number of allylic oxidation sites excluding steroid dienone is 2. The zero-order chi connectivity index (χ0) is 23.7. The molecule has 4 atom stereocenters. The van der Waals surface area contributed by atoms with Crippen molar-refractivity contribution in [2.75, 3.05) is 7.11 Å². The van der Waals surface area contributed by atoms with E-state index in [9.17, 15) is 9.59 Å². The summed E-state index contributed by atoms with van der Waals surface area (Å²) in [6.45, 7) is 11.7. The third-order valence-corrected chi connectivity index (χ3v) is 7.17. The Kier molecular flexibility index (Phi) is 6.58. The van der Waals surface area contributed by atoms with E-state index >= 15 is 0 Å². The zero-order valence-electron chi connectivity index (χ0n) is 19.8. The van der Waals surface area contributed by atoms with E-state index in [1.165, 1.54) is 13.5 Å². The summed E-state index contributed by atoms with van der Waals surface area (Å²) in [6, 6.07) is 5.38. The van der Waals surface area contributed by atoms with Gasteiger partial charge in [-0.1, -0.05) is 52.0 Å². The number of hydrogen-bond acceptors (Lipinski definition) is 4. The highest BCUT2D eigenvalue weighted by atomic mass is 16.5. The van der Waals surface area contributed by atoms with E-state index in [0.29, 0.717) is 5.92 Å². The van der Waals surface area contributed by atoms with Crippen LogP contribution in [0.3, 0.4) is 0 Å². The topological polar surface area (TPSA) is 87.3 Å². The summed E-state index contributed by atoms with van der Waals surface area (Å²) in [5, 5.41) is 2.76. The van der Waals surface area contributed by atoms with Crippen molar-refractivity contribution < 1.29 is 14.3 Å². The van der Waals surface area contributed by atoms with E-state index in [2.05, 4.69) is 23.5 Å². The monoisotopic (exact) mass is 450 g/mol. The van der Waals surface area contributed by atoms with Gasteiger partial charge in [0, 0.05) is 6.04 Å². The second-order valence-electron chi connectivity index (χ2n) is 9.55. The maximum Gasteiger partial charge on any atom is 0.407 e. The number of methoxy groups -OCH3 is 1. The standard InChI is InChI=1S/C26H34N4O3/c1-6-16(4)17-11-12-19-20(13-17)28-24(27-19)22-14-18-9-7-8-10-21(18)30(22)25(31)23(15(2)3)29-26(32)33-5/h6,11-13,15,18,21-23H,1,4,7-10,14H2,2-3,5H3,(H,27,28)(H,29,32)/t18-,21-,22-,23-/m0/s1. The molecule has 2 aliphatic rings. The van der Waals surface area contributed by atoms with Crippen molar-refractivity contribution in [1.82, 2.24) is 20.2 Å². The van der Waals surface area contributed by atoms with Crippen molar-refractivity contribution in [2.24, 2.45) is 11.8 Å². The molecule has 0 radical (unpaired) electrons. The van der Waals surface area contributed by atoms with Gasteiger partial charge in [-0.25, -0.2) is 9.78 Å². The molecule has 2 N–H and O–H groups in total. The first-order chi connectivity index (χ1) is 15.8. The van der Waals surface area contributed by atoms with E-state index in [0.717, 1.165) is 53.7 Å². The number of amides is 2. The summed E-state index contributed by atoms with van der Waals surface area (Å²) < 4.78 is 4.79. The number of aromatic nitrogens is 2. The Morgan fingerprint density at radius 2 is 2.06 bits per heavy atom. The first-order valence-electron chi connectivity index (χ1n) is 11.8. The number of carbonyl (C=O) groups excluding carboxylic acids is 2. The predicted molar refractivity (Wildman–Crippen MR) is 129 cm³/mol. The van der Waals surface area contributed by atoms with Crippen LogP contribution in [0.5, 0.6) is 0 Å². The molecule has 2 aromatic rings. The molecule has 0 unspecified atom stereocenters. The predicted octanol–water partition coefficient (Wildman–Crippen LogP) is 4.97. The SMILES string of the molecule is C=CC(=C)c1ccc2[nH]c([C@@H]3C[C@@H]4CCCC[C@@H]4N3C(=O)[C@@H](NC(=O)OC)C(C)C)nc2c1. The molecule has 0 spiro atoms. The summed E-state index contributed by atoms with van der Waals surface area (Å²) in [7, 11) is 1.32. The van der Waals surface area contributed by atoms with Crippen molar-refractivity contribution in [1.29, 1.82) is 0 Å². The average Bonchev–Trinajstić information content (AvgIpc) is 3.41. The summed E-state index contributed by atoms with van der Waals surface area (Å²) >= 11 is 0. The van der Waals surface area contributed by atoms with Gasteiger partial charge in [0.2, 0.25) is 5.91 Å². The molecule has 1 aliphatic carbocycles. The number of rotatable bonds is 6. The highest BCUT2D eigenvalue weighted by Crippen LogP contribution is 2.46. The van der Waals surface area contributed by atoms with Gasteiger partial charge in [-0.15, -0.1) is 0 Å². The van der Waals surface area contributed by atoms with Crippen LogP contribution in [0.2, 0.25) is 0 Å². The quantitative estimate of drug-likeness (QED) is 0.608. The smallest absolute Gasteiger partial charge is 0.407 e. The van der Waals surface area contributed by atoms with Crippen LogP contribution in [-0.4, -0.2) is 46.1 Å². The number of alkyl carbamates (subject to hydrolysis) is 1. The molecule has 4 rings (SSSR count). The summed E-state index contributed by atoms with van der Waals surface area (Å²) in [4.78, 5) is 36.2. The Hall–Kier alpha value is -3.09. The van der Waals surface area contributed by atoms with Gasteiger partial charge in [0.05, 0.1) is 24.2 Å². The highest BCUT2D eigenvalue weighted by Gasteiger charge is 2.48. The molecule has 0 bridgehead atoms. The molecule has 1 saturated carbocycles. The van der Waals surface area contributed by atoms with Gasteiger partial charge in [-0.3, -0.25) is 4.79 Å². The largest absolute Gasteiger partial charge is 0.453 e. The van der Waals surface area contributed by atoms with Crippen LogP contribution in [0.1, 0.15) is 63.4 Å². The lowest BCUT2D eigenvalue weighted by atomic mass is 9.84. The number of nitrogens with one attached hydrogen (secondary N) is 2. The maximum atomic E-state index is 13.9. The third kappa shape index (κ3) is 4.41. The molecule has 2 fully saturated rings. The Balaban J connectivity index is 1.70. The Bertz CT molecular complexity index is 1070. The maximum absolute atomic E-state index is 13.9. The van der Waals surface area contributed by atoms with E-state index in [4.69, 9.17) is 9.72 Å². The van der Waals surface area contributed by atoms with Gasteiger partial charge in [0.1, 0.15) is 11.9 Å². The molecule has 7 nitrogen and oxygen atoms in total. The van der Waals surface area contributed by atoms with Gasteiger partial charge >= 0.3 is 6.09 Å². The van der Waals surface area contributed by atoms with Gasteiger partial charge < -0.3 is 19.9 Å². The van der Waals surface area contributed by atoms with Crippen LogP contribution >= 0.6 is 0 Å². The summed E-state index contributed by atoms with van der Waals surface area (Å²) in [5.41, 5.74) is 3.60. The van der Waals surface area contributed by atoms with Crippen LogP contribution < -0.4 is 5.32 Å². The van der Waals surface area contributed by atoms with Gasteiger partial charge in [0.15, 0.2) is 0 Å². The lowest BCUT2D eigenvalue weighted by molar-refractivity contribution is -0.138. The summed E-state index contributed by atoms with van der Waals surface area (Å²) in [6.07, 6.45) is 6.43. The van der Waals surface area contributed by atoms with Crippen molar-refractivity contribution in [3.63, 3.8) is 0 Å². The highest BCUT2D eigenvalue weighted by molar-refractivity contribution is 5.87. The summed E-state index contributed by atoms with van der Waals surface area (Å²) in [5.74, 6) is 1.12. The molecule has 7 heteroatoms. The number of likely N-dealkylation sites (tertiary alicyclic amines) is 1. The number of nitrogens with zero attached hydrogens (tertiary/aromatic N) is 2. The second-order valence-corrected chi connectivity index (χ2v) is 9.55. The minimum atomic E-state index is -0.646. The molecule has 1 saturated heterocycles. The number of carbonyl (C=O) groups is 2. The van der Waals surface area contributed by atoms with Gasteiger partial charge in [0.25, 0.3) is 0 Å². The molecule has 2 amide bonds. The first kappa shape index (κ1) is 23.1. The molecule has 33 heavy (non-hydrogen) atoms. The van der Waals surface area contributed by atoms with Gasteiger partial charge in [-0.2, -0.15) is 0 Å². The zero-order valence-corrected chi connectivity index (χ0v) is 19.8. The first-order valence-corrected chi connectivity index (χ1v) is 11.8. The average molecular weight is 451 g/mol. The van der Waals surface area contributed by atoms with Crippen LogP contribution in [0.15, 0.2) is 37.4 Å².